The second kappa shape index (κ2) is 15.6. The van der Waals surface area contributed by atoms with Gasteiger partial charge >= 0.3 is 0 Å². The maximum absolute atomic E-state index is 13.0. The second-order valence-electron chi connectivity index (χ2n) is 10.2. The van der Waals surface area contributed by atoms with Gasteiger partial charge < -0.3 is 24.3 Å². The fraction of sp³-hybridized carbons (Fsp3) is 0.143. The average Bonchev–Trinajstić information content (AvgIpc) is 3.34. The lowest BCUT2D eigenvalue weighted by atomic mass is 10.1. The van der Waals surface area contributed by atoms with E-state index in [9.17, 15) is 19.2 Å². The Hall–Kier alpha value is -4.82. The van der Waals surface area contributed by atoms with Crippen LogP contribution in [-0.2, 0) is 22.8 Å². The molecule has 47 heavy (non-hydrogen) atoms. The summed E-state index contributed by atoms with van der Waals surface area (Å²) in [5.41, 5.74) is 3.58. The number of hydrogen-bond acceptors (Lipinski definition) is 9. The first-order chi connectivity index (χ1) is 22.8. The van der Waals surface area contributed by atoms with Gasteiger partial charge in [0, 0.05) is 14.8 Å². The Balaban J connectivity index is 1.16. The number of anilines is 1. The minimum atomic E-state index is -0.541. The minimum Gasteiger partial charge on any atom is -0.493 e. The Morgan fingerprint density at radius 2 is 1.34 bits per heavy atom. The molecule has 0 aliphatic carbocycles. The zero-order valence-electron chi connectivity index (χ0n) is 25.4. The number of carbonyl (C=O) groups excluding carboxylic acids is 4. The molecule has 1 aliphatic heterocycles. The van der Waals surface area contributed by atoms with Gasteiger partial charge in [0.15, 0.2) is 23.0 Å². The van der Waals surface area contributed by atoms with Gasteiger partial charge in [0.05, 0.1) is 19.1 Å². The third kappa shape index (κ3) is 8.71. The van der Waals surface area contributed by atoms with Crippen molar-refractivity contribution in [1.82, 2.24) is 4.90 Å². The van der Waals surface area contributed by atoms with Crippen molar-refractivity contribution in [2.45, 2.75) is 13.2 Å². The molecule has 0 aromatic heterocycles. The van der Waals surface area contributed by atoms with Crippen LogP contribution < -0.4 is 24.3 Å². The van der Waals surface area contributed by atoms with Crippen molar-refractivity contribution < 1.29 is 38.1 Å². The molecule has 4 aromatic rings. The fourth-order valence-corrected chi connectivity index (χ4v) is 5.69. The van der Waals surface area contributed by atoms with E-state index >= 15 is 0 Å². The van der Waals surface area contributed by atoms with Gasteiger partial charge in [0.2, 0.25) is 5.91 Å². The molecule has 1 heterocycles. The summed E-state index contributed by atoms with van der Waals surface area (Å²) in [6, 6.07) is 25.1. The summed E-state index contributed by atoms with van der Waals surface area (Å²) in [5.74, 6) is 0.971. The van der Waals surface area contributed by atoms with Crippen molar-refractivity contribution in [1.29, 1.82) is 0 Å². The first kappa shape index (κ1) is 33.5. The van der Waals surface area contributed by atoms with Crippen LogP contribution in [0.1, 0.15) is 27.0 Å². The normalized spacial score (nSPS) is 13.4. The highest BCUT2D eigenvalue weighted by atomic mass is 127. The minimum absolute atomic E-state index is 0.202. The molecular formula is C35H29IN2O8S. The van der Waals surface area contributed by atoms with E-state index in [0.717, 1.165) is 37.6 Å². The molecule has 0 radical (unpaired) electrons. The predicted molar refractivity (Wildman–Crippen MR) is 187 cm³/mol. The van der Waals surface area contributed by atoms with Crippen molar-refractivity contribution in [2.75, 3.05) is 26.1 Å². The van der Waals surface area contributed by atoms with Crippen LogP contribution in [0, 0.1) is 3.57 Å². The highest BCUT2D eigenvalue weighted by Crippen LogP contribution is 2.35. The van der Waals surface area contributed by atoms with Gasteiger partial charge in [0.25, 0.3) is 11.1 Å². The SMILES string of the molecule is COc1cc(C=O)ccc1OCc1ccc(COc2ccc(/C=C3\SC(=O)N(CC(=O)Nc4ccc(I)cc4)C3=O)cc2OC)cc1. The molecule has 0 saturated carbocycles. The molecule has 0 unspecified atom stereocenters. The number of nitrogens with zero attached hydrogens (tertiary/aromatic N) is 1. The highest BCUT2D eigenvalue weighted by molar-refractivity contribution is 14.1. The number of halogens is 1. The molecule has 1 aliphatic rings. The van der Waals surface area contributed by atoms with Crippen LogP contribution in [0.3, 0.4) is 0 Å². The lowest BCUT2D eigenvalue weighted by Crippen LogP contribution is -2.36. The van der Waals surface area contributed by atoms with Gasteiger partial charge in [-0.3, -0.25) is 24.1 Å². The van der Waals surface area contributed by atoms with Crippen LogP contribution >= 0.6 is 34.4 Å². The Kier molecular flexibility index (Phi) is 11.2. The topological polar surface area (TPSA) is 120 Å². The molecule has 12 heteroatoms. The van der Waals surface area contributed by atoms with E-state index in [1.54, 1.807) is 54.6 Å². The molecule has 0 atom stereocenters. The zero-order valence-corrected chi connectivity index (χ0v) is 28.3. The Labute approximate surface area is 289 Å². The molecule has 0 bridgehead atoms. The lowest BCUT2D eigenvalue weighted by Gasteiger charge is -2.13. The smallest absolute Gasteiger partial charge is 0.294 e. The number of hydrogen-bond donors (Lipinski definition) is 1. The average molecular weight is 765 g/mol. The van der Waals surface area contributed by atoms with Crippen LogP contribution in [0.4, 0.5) is 10.5 Å². The number of carbonyl (C=O) groups is 4. The van der Waals surface area contributed by atoms with Crippen LogP contribution in [0.5, 0.6) is 23.0 Å². The van der Waals surface area contributed by atoms with E-state index in [1.165, 1.54) is 14.2 Å². The molecule has 5 rings (SSSR count). The van der Waals surface area contributed by atoms with E-state index in [1.807, 2.05) is 36.4 Å². The summed E-state index contributed by atoms with van der Waals surface area (Å²) < 4.78 is 23.8. The number of benzene rings is 4. The molecule has 240 valence electrons. The van der Waals surface area contributed by atoms with Crippen LogP contribution in [0.15, 0.2) is 89.8 Å². The number of methoxy groups -OCH3 is 2. The molecule has 1 saturated heterocycles. The predicted octanol–water partition coefficient (Wildman–Crippen LogP) is 6.95. The van der Waals surface area contributed by atoms with Gasteiger partial charge in [-0.1, -0.05) is 30.3 Å². The highest BCUT2D eigenvalue weighted by Gasteiger charge is 2.36. The first-order valence-electron chi connectivity index (χ1n) is 14.2. The fourth-order valence-electron chi connectivity index (χ4n) is 4.49. The number of ether oxygens (including phenoxy) is 4. The van der Waals surface area contributed by atoms with Gasteiger partial charge in [0.1, 0.15) is 26.0 Å². The van der Waals surface area contributed by atoms with Crippen LogP contribution in [0.2, 0.25) is 0 Å². The molecule has 4 aromatic carbocycles. The third-order valence-electron chi connectivity index (χ3n) is 6.92. The van der Waals surface area contributed by atoms with Gasteiger partial charge in [-0.15, -0.1) is 0 Å². The number of nitrogens with one attached hydrogen (secondary N) is 1. The molecule has 0 spiro atoms. The number of rotatable bonds is 13. The van der Waals surface area contributed by atoms with Crippen molar-refractivity contribution in [3.63, 3.8) is 0 Å². The van der Waals surface area contributed by atoms with E-state index in [0.29, 0.717) is 46.4 Å². The summed E-state index contributed by atoms with van der Waals surface area (Å²) in [4.78, 5) is 50.2. The quantitative estimate of drug-likeness (QED) is 0.0876. The Morgan fingerprint density at radius 3 is 1.89 bits per heavy atom. The second-order valence-corrected chi connectivity index (χ2v) is 12.4. The Morgan fingerprint density at radius 1 is 0.787 bits per heavy atom. The third-order valence-corrected chi connectivity index (χ3v) is 8.55. The maximum Gasteiger partial charge on any atom is 0.294 e. The standard InChI is InChI=1S/C35H29IN2O8S/c1-43-30-15-24(17-32-34(41)38(35(42)47-32)18-33(40)37-27-11-9-26(36)10-12-27)7-13-28(30)45-20-22-3-5-23(6-4-22)21-46-29-14-8-25(19-39)16-31(29)44-2/h3-17,19H,18,20-21H2,1-2H3,(H,37,40)/b32-17-. The van der Waals surface area contributed by atoms with E-state index in [4.69, 9.17) is 18.9 Å². The largest absolute Gasteiger partial charge is 0.493 e. The summed E-state index contributed by atoms with van der Waals surface area (Å²) in [7, 11) is 3.04. The van der Waals surface area contributed by atoms with Gasteiger partial charge in [-0.25, -0.2) is 0 Å². The summed E-state index contributed by atoms with van der Waals surface area (Å²) >= 11 is 2.94. The Bertz CT molecular complexity index is 1830. The molecular weight excluding hydrogens is 735 g/mol. The summed E-state index contributed by atoms with van der Waals surface area (Å²) in [6.07, 6.45) is 2.34. The maximum atomic E-state index is 13.0. The van der Waals surface area contributed by atoms with Crippen molar-refractivity contribution >= 4 is 69.5 Å². The molecule has 3 amide bonds. The number of imide groups is 1. The van der Waals surface area contributed by atoms with Crippen molar-refractivity contribution in [3.05, 3.63) is 116 Å². The molecule has 10 nitrogen and oxygen atoms in total. The number of thioether (sulfide) groups is 1. The summed E-state index contributed by atoms with van der Waals surface area (Å²) in [5, 5.41) is 2.18. The molecule has 1 fully saturated rings. The first-order valence-corrected chi connectivity index (χ1v) is 16.1. The van der Waals surface area contributed by atoms with Crippen LogP contribution in [-0.4, -0.2) is 49.0 Å². The van der Waals surface area contributed by atoms with Crippen molar-refractivity contribution in [2.24, 2.45) is 0 Å². The molecule has 1 N–H and O–H groups in total. The lowest BCUT2D eigenvalue weighted by molar-refractivity contribution is -0.127. The summed E-state index contributed by atoms with van der Waals surface area (Å²) in [6.45, 7) is 0.206. The van der Waals surface area contributed by atoms with E-state index in [-0.39, 0.29) is 18.1 Å². The van der Waals surface area contributed by atoms with Gasteiger partial charge in [-0.05, 0) is 112 Å². The zero-order chi connectivity index (χ0) is 33.3. The van der Waals surface area contributed by atoms with Crippen LogP contribution in [0.25, 0.3) is 6.08 Å². The van der Waals surface area contributed by atoms with Gasteiger partial charge in [-0.2, -0.15) is 0 Å². The van der Waals surface area contributed by atoms with E-state index in [2.05, 4.69) is 27.9 Å². The number of aldehydes is 1. The van der Waals surface area contributed by atoms with Crippen molar-refractivity contribution in [3.8, 4) is 23.0 Å². The number of amides is 3. The van der Waals surface area contributed by atoms with E-state index < -0.39 is 17.1 Å². The monoisotopic (exact) mass is 764 g/mol.